The molecule has 1 amide bonds. The van der Waals surface area contributed by atoms with Gasteiger partial charge in [0.05, 0.1) is 38.9 Å². The number of carbonyl (C=O) groups excluding carboxylic acids is 1. The third kappa shape index (κ3) is 4.95. The number of nitrogens with zero attached hydrogens (tertiary/aromatic N) is 1. The van der Waals surface area contributed by atoms with Gasteiger partial charge in [0, 0.05) is 6.54 Å². The Labute approximate surface area is 169 Å². The molecule has 0 fully saturated rings. The molecule has 0 saturated heterocycles. The molecule has 3 rings (SSSR count). The number of pyridine rings is 1. The second-order valence-electron chi connectivity index (χ2n) is 6.13. The van der Waals surface area contributed by atoms with Gasteiger partial charge in [-0.1, -0.05) is 18.2 Å². The number of aromatic nitrogens is 1. The lowest BCUT2D eigenvalue weighted by Crippen LogP contribution is -2.23. The highest BCUT2D eigenvalue weighted by molar-refractivity contribution is 5.92. The summed E-state index contributed by atoms with van der Waals surface area (Å²) in [5, 5.41) is 6.08. The standard InChI is InChI=1S/C22H23N3O4/c1-27-19-7-5-4-6-17(19)25-16-9-10-18(23-14-16)22(26)24-13-15-8-11-20(28-2)21(12-15)29-3/h4-12,14,25H,13H2,1-3H3,(H,24,26). The van der Waals surface area contributed by atoms with Gasteiger partial charge in [-0.3, -0.25) is 4.79 Å². The van der Waals surface area contributed by atoms with Gasteiger partial charge in [-0.05, 0) is 42.0 Å². The smallest absolute Gasteiger partial charge is 0.270 e. The number of carbonyl (C=O) groups is 1. The van der Waals surface area contributed by atoms with Crippen LogP contribution in [0.3, 0.4) is 0 Å². The summed E-state index contributed by atoms with van der Waals surface area (Å²) in [6.07, 6.45) is 1.61. The summed E-state index contributed by atoms with van der Waals surface area (Å²) in [5.74, 6) is 1.72. The van der Waals surface area contributed by atoms with Crippen LogP contribution in [-0.2, 0) is 6.54 Å². The molecule has 29 heavy (non-hydrogen) atoms. The first-order chi connectivity index (χ1) is 14.1. The predicted molar refractivity (Wildman–Crippen MR) is 111 cm³/mol. The number of ether oxygens (including phenoxy) is 3. The van der Waals surface area contributed by atoms with Gasteiger partial charge in [0.25, 0.3) is 5.91 Å². The van der Waals surface area contributed by atoms with Crippen molar-refractivity contribution in [2.75, 3.05) is 26.6 Å². The lowest BCUT2D eigenvalue weighted by Gasteiger charge is -2.11. The molecule has 3 aromatic rings. The molecule has 0 unspecified atom stereocenters. The largest absolute Gasteiger partial charge is 0.495 e. The van der Waals surface area contributed by atoms with Gasteiger partial charge in [0.1, 0.15) is 11.4 Å². The zero-order valence-corrected chi connectivity index (χ0v) is 16.6. The maximum absolute atomic E-state index is 12.4. The van der Waals surface area contributed by atoms with Crippen molar-refractivity contribution in [3.8, 4) is 17.2 Å². The molecule has 0 saturated carbocycles. The van der Waals surface area contributed by atoms with Crippen LogP contribution in [0.5, 0.6) is 17.2 Å². The molecule has 2 aromatic carbocycles. The average Bonchev–Trinajstić information content (AvgIpc) is 2.78. The molecular weight excluding hydrogens is 370 g/mol. The summed E-state index contributed by atoms with van der Waals surface area (Å²) in [5.41, 5.74) is 2.80. The van der Waals surface area contributed by atoms with Gasteiger partial charge in [0.15, 0.2) is 11.5 Å². The number of rotatable bonds is 8. The fourth-order valence-electron chi connectivity index (χ4n) is 2.77. The molecule has 150 valence electrons. The van der Waals surface area contributed by atoms with Crippen molar-refractivity contribution < 1.29 is 19.0 Å². The summed E-state index contributed by atoms with van der Waals surface area (Å²) >= 11 is 0. The van der Waals surface area contributed by atoms with E-state index in [1.165, 1.54) is 0 Å². The van der Waals surface area contributed by atoms with Crippen molar-refractivity contribution in [1.82, 2.24) is 10.3 Å². The molecule has 1 heterocycles. The fourth-order valence-corrected chi connectivity index (χ4v) is 2.77. The lowest BCUT2D eigenvalue weighted by atomic mass is 10.2. The van der Waals surface area contributed by atoms with Crippen LogP contribution in [0.15, 0.2) is 60.8 Å². The number of para-hydroxylation sites is 2. The molecule has 7 heteroatoms. The monoisotopic (exact) mass is 393 g/mol. The van der Waals surface area contributed by atoms with E-state index in [4.69, 9.17) is 14.2 Å². The molecule has 0 aliphatic heterocycles. The molecule has 0 atom stereocenters. The van der Waals surface area contributed by atoms with Crippen LogP contribution in [0, 0.1) is 0 Å². The summed E-state index contributed by atoms with van der Waals surface area (Å²) in [6, 6.07) is 16.5. The Hall–Kier alpha value is -3.74. The third-order valence-corrected chi connectivity index (χ3v) is 4.28. The molecule has 0 radical (unpaired) electrons. The summed E-state index contributed by atoms with van der Waals surface area (Å²) in [7, 11) is 4.77. The van der Waals surface area contributed by atoms with Crippen molar-refractivity contribution in [3.05, 3.63) is 72.1 Å². The summed E-state index contributed by atoms with van der Waals surface area (Å²) < 4.78 is 15.8. The van der Waals surface area contributed by atoms with Crippen LogP contribution in [-0.4, -0.2) is 32.2 Å². The molecule has 2 N–H and O–H groups in total. The Morgan fingerprint density at radius 1 is 0.897 bits per heavy atom. The van der Waals surface area contributed by atoms with E-state index in [0.29, 0.717) is 23.7 Å². The highest BCUT2D eigenvalue weighted by Gasteiger charge is 2.10. The molecule has 7 nitrogen and oxygen atoms in total. The lowest BCUT2D eigenvalue weighted by molar-refractivity contribution is 0.0946. The van der Waals surface area contributed by atoms with Crippen LogP contribution in [0.25, 0.3) is 0 Å². The van der Waals surface area contributed by atoms with Crippen LogP contribution in [0.4, 0.5) is 11.4 Å². The number of amides is 1. The van der Waals surface area contributed by atoms with Crippen molar-refractivity contribution in [2.24, 2.45) is 0 Å². The maximum Gasteiger partial charge on any atom is 0.270 e. The van der Waals surface area contributed by atoms with E-state index < -0.39 is 0 Å². The van der Waals surface area contributed by atoms with E-state index in [1.54, 1.807) is 45.7 Å². The number of hydrogen-bond donors (Lipinski definition) is 2. The Balaban J connectivity index is 1.62. The summed E-state index contributed by atoms with van der Waals surface area (Å²) in [4.78, 5) is 16.6. The van der Waals surface area contributed by atoms with Crippen LogP contribution in [0.1, 0.15) is 16.1 Å². The minimum absolute atomic E-state index is 0.261. The van der Waals surface area contributed by atoms with Crippen molar-refractivity contribution >= 4 is 17.3 Å². The molecule has 0 spiro atoms. The van der Waals surface area contributed by atoms with Crippen LogP contribution in [0.2, 0.25) is 0 Å². The number of methoxy groups -OCH3 is 3. The first kappa shape index (κ1) is 20.0. The zero-order chi connectivity index (χ0) is 20.6. The van der Waals surface area contributed by atoms with E-state index in [1.807, 2.05) is 36.4 Å². The normalized spacial score (nSPS) is 10.2. The Morgan fingerprint density at radius 2 is 1.66 bits per heavy atom. The van der Waals surface area contributed by atoms with E-state index >= 15 is 0 Å². The van der Waals surface area contributed by atoms with Gasteiger partial charge in [-0.25, -0.2) is 4.98 Å². The fraction of sp³-hybridized carbons (Fsp3) is 0.182. The minimum atomic E-state index is -0.261. The van der Waals surface area contributed by atoms with E-state index in [9.17, 15) is 4.79 Å². The Kier molecular flexibility index (Phi) is 6.52. The number of anilines is 2. The molecular formula is C22H23N3O4. The minimum Gasteiger partial charge on any atom is -0.495 e. The van der Waals surface area contributed by atoms with Gasteiger partial charge < -0.3 is 24.8 Å². The van der Waals surface area contributed by atoms with Gasteiger partial charge >= 0.3 is 0 Å². The van der Waals surface area contributed by atoms with Crippen molar-refractivity contribution in [2.45, 2.75) is 6.54 Å². The van der Waals surface area contributed by atoms with Crippen LogP contribution < -0.4 is 24.8 Å². The first-order valence-corrected chi connectivity index (χ1v) is 8.99. The summed E-state index contributed by atoms with van der Waals surface area (Å²) in [6.45, 7) is 0.349. The van der Waals surface area contributed by atoms with Gasteiger partial charge in [-0.15, -0.1) is 0 Å². The third-order valence-electron chi connectivity index (χ3n) is 4.28. The first-order valence-electron chi connectivity index (χ1n) is 8.99. The number of hydrogen-bond acceptors (Lipinski definition) is 6. The molecule has 0 aliphatic carbocycles. The second kappa shape index (κ2) is 9.45. The van der Waals surface area contributed by atoms with E-state index in [-0.39, 0.29) is 5.91 Å². The molecule has 1 aromatic heterocycles. The number of nitrogens with one attached hydrogen (secondary N) is 2. The Bertz CT molecular complexity index is 974. The molecule has 0 aliphatic rings. The predicted octanol–water partition coefficient (Wildman–Crippen LogP) is 3.78. The zero-order valence-electron chi connectivity index (χ0n) is 16.6. The van der Waals surface area contributed by atoms with Crippen LogP contribution >= 0.6 is 0 Å². The SMILES string of the molecule is COc1ccccc1Nc1ccc(C(=O)NCc2ccc(OC)c(OC)c2)nc1. The topological polar surface area (TPSA) is 81.7 Å². The van der Waals surface area contributed by atoms with Gasteiger partial charge in [0.2, 0.25) is 0 Å². The van der Waals surface area contributed by atoms with E-state index in [2.05, 4.69) is 15.6 Å². The quantitative estimate of drug-likeness (QED) is 0.606. The Morgan fingerprint density at radius 3 is 2.34 bits per heavy atom. The molecule has 0 bridgehead atoms. The highest BCUT2D eigenvalue weighted by Crippen LogP contribution is 2.28. The van der Waals surface area contributed by atoms with Crippen molar-refractivity contribution in [1.29, 1.82) is 0 Å². The highest BCUT2D eigenvalue weighted by atomic mass is 16.5. The average molecular weight is 393 g/mol. The van der Waals surface area contributed by atoms with Gasteiger partial charge in [-0.2, -0.15) is 0 Å². The number of benzene rings is 2. The van der Waals surface area contributed by atoms with Crippen molar-refractivity contribution in [3.63, 3.8) is 0 Å². The maximum atomic E-state index is 12.4. The van der Waals surface area contributed by atoms with E-state index in [0.717, 1.165) is 22.7 Å². The second-order valence-corrected chi connectivity index (χ2v) is 6.13.